The van der Waals surface area contributed by atoms with Gasteiger partial charge in [-0.2, -0.15) is 0 Å². The summed E-state index contributed by atoms with van der Waals surface area (Å²) in [5, 5.41) is 0. The molecule has 0 N–H and O–H groups in total. The zero-order valence-electron chi connectivity index (χ0n) is 14.1. The molecule has 0 spiro atoms. The Hall–Kier alpha value is -2.17. The van der Waals surface area contributed by atoms with E-state index in [1.54, 1.807) is 14.2 Å². The van der Waals surface area contributed by atoms with Gasteiger partial charge in [0.25, 0.3) is 0 Å². The molecule has 0 unspecified atom stereocenters. The highest BCUT2D eigenvalue weighted by Gasteiger charge is 2.15. The molecule has 130 valence electrons. The smallest absolute Gasteiger partial charge is 0.132 e. The normalized spacial score (nSPS) is 10.8. The molecule has 2 aromatic rings. The SMILES string of the molecule is CCCc1c(OC)cc(CCc2c(F)cc(F)cc2F)cc1OC. The van der Waals surface area contributed by atoms with Gasteiger partial charge in [0.2, 0.25) is 0 Å². The van der Waals surface area contributed by atoms with Crippen LogP contribution in [0.25, 0.3) is 0 Å². The summed E-state index contributed by atoms with van der Waals surface area (Å²) >= 11 is 0. The van der Waals surface area contributed by atoms with E-state index in [0.717, 1.165) is 24.0 Å². The third-order valence-corrected chi connectivity index (χ3v) is 3.94. The second-order valence-corrected chi connectivity index (χ2v) is 5.58. The summed E-state index contributed by atoms with van der Waals surface area (Å²) in [5.74, 6) is -1.25. The van der Waals surface area contributed by atoms with E-state index < -0.39 is 17.5 Å². The Labute approximate surface area is 140 Å². The number of ether oxygens (including phenoxy) is 2. The van der Waals surface area contributed by atoms with Gasteiger partial charge in [-0.05, 0) is 37.0 Å². The molecule has 2 rings (SSSR count). The summed E-state index contributed by atoms with van der Waals surface area (Å²) in [7, 11) is 3.16. The summed E-state index contributed by atoms with van der Waals surface area (Å²) in [6.07, 6.45) is 2.27. The molecule has 0 aliphatic carbocycles. The standard InChI is InChI=1S/C19H21F3O2/c1-4-5-15-18(23-2)8-12(9-19(15)24-3)6-7-14-16(21)10-13(20)11-17(14)22/h8-11H,4-7H2,1-3H3. The van der Waals surface area contributed by atoms with Crippen LogP contribution in [0.2, 0.25) is 0 Å². The van der Waals surface area contributed by atoms with E-state index in [1.807, 2.05) is 12.1 Å². The minimum Gasteiger partial charge on any atom is -0.496 e. The molecule has 0 aromatic heterocycles. The van der Waals surface area contributed by atoms with E-state index in [-0.39, 0.29) is 12.0 Å². The molecular weight excluding hydrogens is 317 g/mol. The van der Waals surface area contributed by atoms with Crippen LogP contribution in [0.5, 0.6) is 11.5 Å². The van der Waals surface area contributed by atoms with Crippen LogP contribution in [0.15, 0.2) is 24.3 Å². The molecular formula is C19H21F3O2. The van der Waals surface area contributed by atoms with Gasteiger partial charge in [-0.15, -0.1) is 0 Å². The number of hydrogen-bond donors (Lipinski definition) is 0. The van der Waals surface area contributed by atoms with E-state index in [2.05, 4.69) is 6.92 Å². The third kappa shape index (κ3) is 4.02. The first-order valence-electron chi connectivity index (χ1n) is 7.87. The predicted octanol–water partition coefficient (Wildman–Crippen LogP) is 4.86. The lowest BCUT2D eigenvalue weighted by atomic mass is 9.99. The van der Waals surface area contributed by atoms with Crippen LogP contribution < -0.4 is 9.47 Å². The third-order valence-electron chi connectivity index (χ3n) is 3.94. The molecule has 0 aliphatic heterocycles. The first kappa shape index (κ1) is 18.2. The van der Waals surface area contributed by atoms with Crippen molar-refractivity contribution in [2.75, 3.05) is 14.2 Å². The van der Waals surface area contributed by atoms with Crippen LogP contribution in [-0.2, 0) is 19.3 Å². The molecule has 2 nitrogen and oxygen atoms in total. The summed E-state index contributed by atoms with van der Waals surface area (Å²) in [6.45, 7) is 2.06. The molecule has 0 fully saturated rings. The number of hydrogen-bond acceptors (Lipinski definition) is 2. The molecule has 2 aromatic carbocycles. The van der Waals surface area contributed by atoms with E-state index in [4.69, 9.17) is 9.47 Å². The fraction of sp³-hybridized carbons (Fsp3) is 0.368. The summed E-state index contributed by atoms with van der Waals surface area (Å²) in [4.78, 5) is 0. The number of halogens is 3. The zero-order valence-corrected chi connectivity index (χ0v) is 14.1. The molecule has 0 aliphatic rings. The van der Waals surface area contributed by atoms with Crippen LogP contribution in [0.1, 0.15) is 30.0 Å². The van der Waals surface area contributed by atoms with Gasteiger partial charge in [-0.25, -0.2) is 13.2 Å². The van der Waals surface area contributed by atoms with E-state index in [9.17, 15) is 13.2 Å². The molecule has 0 saturated heterocycles. The van der Waals surface area contributed by atoms with Gasteiger partial charge in [0.1, 0.15) is 29.0 Å². The fourth-order valence-corrected chi connectivity index (χ4v) is 2.76. The molecule has 0 heterocycles. The van der Waals surface area contributed by atoms with Crippen LogP contribution in [-0.4, -0.2) is 14.2 Å². The maximum absolute atomic E-state index is 13.7. The van der Waals surface area contributed by atoms with Crippen LogP contribution in [0.3, 0.4) is 0 Å². The van der Waals surface area contributed by atoms with Crippen molar-refractivity contribution in [3.05, 3.63) is 58.4 Å². The minimum absolute atomic E-state index is 0.119. The van der Waals surface area contributed by atoms with Gasteiger partial charge in [0, 0.05) is 23.3 Å². The number of benzene rings is 2. The van der Waals surface area contributed by atoms with Crippen molar-refractivity contribution in [3.63, 3.8) is 0 Å². The average molecular weight is 338 g/mol. The molecule has 24 heavy (non-hydrogen) atoms. The molecule has 0 bridgehead atoms. The Balaban J connectivity index is 2.27. The second-order valence-electron chi connectivity index (χ2n) is 5.58. The minimum atomic E-state index is -0.916. The van der Waals surface area contributed by atoms with Gasteiger partial charge < -0.3 is 9.47 Å². The molecule has 5 heteroatoms. The van der Waals surface area contributed by atoms with Crippen molar-refractivity contribution in [2.45, 2.75) is 32.6 Å². The lowest BCUT2D eigenvalue weighted by Crippen LogP contribution is -2.02. The van der Waals surface area contributed by atoms with Gasteiger partial charge in [0.15, 0.2) is 0 Å². The Morgan fingerprint density at radius 2 is 1.29 bits per heavy atom. The maximum atomic E-state index is 13.7. The largest absolute Gasteiger partial charge is 0.496 e. The highest BCUT2D eigenvalue weighted by Crippen LogP contribution is 2.32. The van der Waals surface area contributed by atoms with E-state index in [1.165, 1.54) is 0 Å². The predicted molar refractivity (Wildman–Crippen MR) is 87.3 cm³/mol. The monoisotopic (exact) mass is 338 g/mol. The Morgan fingerprint density at radius 1 is 0.750 bits per heavy atom. The Kier molecular flexibility index (Phi) is 6.12. The van der Waals surface area contributed by atoms with Crippen molar-refractivity contribution in [1.82, 2.24) is 0 Å². The highest BCUT2D eigenvalue weighted by atomic mass is 19.1. The van der Waals surface area contributed by atoms with Crippen molar-refractivity contribution in [1.29, 1.82) is 0 Å². The van der Waals surface area contributed by atoms with Crippen LogP contribution in [0, 0.1) is 17.5 Å². The number of rotatable bonds is 7. The lowest BCUT2D eigenvalue weighted by molar-refractivity contribution is 0.384. The summed E-state index contributed by atoms with van der Waals surface area (Å²) in [6, 6.07) is 5.10. The second kappa shape index (κ2) is 8.08. The first-order valence-corrected chi connectivity index (χ1v) is 7.87. The van der Waals surface area contributed by atoms with E-state index in [0.29, 0.717) is 30.1 Å². The lowest BCUT2D eigenvalue weighted by Gasteiger charge is -2.15. The Morgan fingerprint density at radius 3 is 1.75 bits per heavy atom. The maximum Gasteiger partial charge on any atom is 0.132 e. The number of aryl methyl sites for hydroxylation is 1. The molecule has 0 amide bonds. The Bertz CT molecular complexity index is 666. The number of methoxy groups -OCH3 is 2. The van der Waals surface area contributed by atoms with Crippen molar-refractivity contribution < 1.29 is 22.6 Å². The van der Waals surface area contributed by atoms with Crippen LogP contribution in [0.4, 0.5) is 13.2 Å². The zero-order chi connectivity index (χ0) is 17.7. The quantitative estimate of drug-likeness (QED) is 0.718. The van der Waals surface area contributed by atoms with Crippen LogP contribution >= 0.6 is 0 Å². The van der Waals surface area contributed by atoms with Crippen molar-refractivity contribution in [2.24, 2.45) is 0 Å². The molecule has 0 radical (unpaired) electrons. The van der Waals surface area contributed by atoms with Gasteiger partial charge in [0.05, 0.1) is 14.2 Å². The molecule has 0 saturated carbocycles. The summed E-state index contributed by atoms with van der Waals surface area (Å²) < 4.78 is 51.3. The van der Waals surface area contributed by atoms with Gasteiger partial charge in [-0.3, -0.25) is 0 Å². The van der Waals surface area contributed by atoms with Crippen molar-refractivity contribution in [3.8, 4) is 11.5 Å². The highest BCUT2D eigenvalue weighted by molar-refractivity contribution is 5.48. The van der Waals surface area contributed by atoms with E-state index >= 15 is 0 Å². The molecule has 0 atom stereocenters. The van der Waals surface area contributed by atoms with Gasteiger partial charge >= 0.3 is 0 Å². The summed E-state index contributed by atoms with van der Waals surface area (Å²) in [5.41, 5.74) is 1.70. The van der Waals surface area contributed by atoms with Gasteiger partial charge in [-0.1, -0.05) is 13.3 Å². The average Bonchev–Trinajstić information content (AvgIpc) is 2.54. The topological polar surface area (TPSA) is 18.5 Å². The first-order chi connectivity index (χ1) is 11.5. The fourth-order valence-electron chi connectivity index (χ4n) is 2.76. The van der Waals surface area contributed by atoms with Crippen molar-refractivity contribution >= 4 is 0 Å².